The van der Waals surface area contributed by atoms with Crippen LogP contribution in [0, 0.1) is 0 Å². The lowest BCUT2D eigenvalue weighted by atomic mass is 10.0. The van der Waals surface area contributed by atoms with Crippen LogP contribution in [0.4, 0.5) is 0 Å². The molecule has 0 fully saturated rings. The van der Waals surface area contributed by atoms with Gasteiger partial charge in [-0.1, -0.05) is 12.8 Å². The zero-order valence-corrected chi connectivity index (χ0v) is 7.32. The summed E-state index contributed by atoms with van der Waals surface area (Å²) in [5, 5.41) is 3.18. The zero-order valence-electron chi connectivity index (χ0n) is 7.32. The Morgan fingerprint density at radius 3 is 2.36 bits per heavy atom. The molecule has 1 aliphatic rings. The molecule has 0 aromatic carbocycles. The molecule has 0 bridgehead atoms. The summed E-state index contributed by atoms with van der Waals surface area (Å²) >= 11 is 0. The van der Waals surface area contributed by atoms with Gasteiger partial charge in [0.25, 0.3) is 0 Å². The highest BCUT2D eigenvalue weighted by Gasteiger charge is 2.04. The van der Waals surface area contributed by atoms with Crippen molar-refractivity contribution in [3.05, 3.63) is 11.4 Å². The quantitative estimate of drug-likeness (QED) is 0.603. The molecule has 3 N–H and O–H groups in total. The van der Waals surface area contributed by atoms with Gasteiger partial charge in [0.15, 0.2) is 0 Å². The summed E-state index contributed by atoms with van der Waals surface area (Å²) in [4.78, 5) is 0. The normalized spacial score (nSPS) is 20.8. The first-order chi connectivity index (χ1) is 5.34. The Bertz CT molecular complexity index is 150. The molecule has 0 radical (unpaired) electrons. The van der Waals surface area contributed by atoms with E-state index in [1.54, 1.807) is 0 Å². The molecule has 0 atom stereocenters. The van der Waals surface area contributed by atoms with Crippen molar-refractivity contribution < 1.29 is 0 Å². The maximum atomic E-state index is 5.88. The topological polar surface area (TPSA) is 38.0 Å². The van der Waals surface area contributed by atoms with Crippen molar-refractivity contribution in [1.29, 1.82) is 0 Å². The molecule has 1 rings (SSSR count). The minimum Gasteiger partial charge on any atom is -0.401 e. The lowest BCUT2D eigenvalue weighted by Gasteiger charge is -2.14. The van der Waals surface area contributed by atoms with Crippen molar-refractivity contribution >= 4 is 0 Å². The predicted octanol–water partition coefficient (Wildman–Crippen LogP) is 1.73. The van der Waals surface area contributed by atoms with E-state index in [9.17, 15) is 0 Å². The largest absolute Gasteiger partial charge is 0.401 e. The van der Waals surface area contributed by atoms with Crippen molar-refractivity contribution in [2.24, 2.45) is 5.73 Å². The fourth-order valence-electron chi connectivity index (χ4n) is 1.57. The van der Waals surface area contributed by atoms with Gasteiger partial charge < -0.3 is 11.1 Å². The van der Waals surface area contributed by atoms with Gasteiger partial charge in [-0.05, 0) is 25.7 Å². The Morgan fingerprint density at radius 1 is 1.09 bits per heavy atom. The third-order valence-corrected chi connectivity index (χ3v) is 2.31. The molecule has 0 heterocycles. The minimum absolute atomic E-state index is 1.08. The fraction of sp³-hybridized carbons (Fsp3) is 0.778. The smallest absolute Gasteiger partial charge is 0.0294 e. The number of nitrogens with two attached hydrogens (primary N) is 1. The van der Waals surface area contributed by atoms with Gasteiger partial charge in [-0.3, -0.25) is 0 Å². The Morgan fingerprint density at radius 2 is 1.73 bits per heavy atom. The van der Waals surface area contributed by atoms with Crippen molar-refractivity contribution in [3.8, 4) is 0 Å². The van der Waals surface area contributed by atoms with E-state index in [2.05, 4.69) is 5.32 Å². The van der Waals surface area contributed by atoms with Gasteiger partial charge in [-0.25, -0.2) is 0 Å². The van der Waals surface area contributed by atoms with Gasteiger partial charge in [0.1, 0.15) is 0 Å². The molecular weight excluding hydrogens is 136 g/mol. The van der Waals surface area contributed by atoms with Crippen molar-refractivity contribution in [1.82, 2.24) is 5.32 Å². The number of hydrogen-bond donors (Lipinski definition) is 2. The average molecular weight is 154 g/mol. The van der Waals surface area contributed by atoms with Crippen molar-refractivity contribution in [2.75, 3.05) is 7.05 Å². The molecule has 0 amide bonds. The molecule has 0 saturated carbocycles. The van der Waals surface area contributed by atoms with E-state index in [-0.39, 0.29) is 0 Å². The molecule has 1 aliphatic carbocycles. The SMILES string of the molecule is CNC1=C(N)CCCCCC1. The molecule has 0 unspecified atom stereocenters. The van der Waals surface area contributed by atoms with Crippen molar-refractivity contribution in [2.45, 2.75) is 38.5 Å². The second kappa shape index (κ2) is 4.27. The lowest BCUT2D eigenvalue weighted by Crippen LogP contribution is -2.15. The molecule has 0 aromatic heterocycles. The third-order valence-electron chi connectivity index (χ3n) is 2.31. The Labute approximate surface area is 68.9 Å². The second-order valence-electron chi connectivity index (χ2n) is 3.17. The summed E-state index contributed by atoms with van der Waals surface area (Å²) in [5.41, 5.74) is 8.22. The highest BCUT2D eigenvalue weighted by molar-refractivity contribution is 5.09. The Balaban J connectivity index is 2.56. The maximum Gasteiger partial charge on any atom is 0.0294 e. The molecule has 0 aromatic rings. The van der Waals surface area contributed by atoms with Crippen LogP contribution in [0.3, 0.4) is 0 Å². The average Bonchev–Trinajstić information content (AvgIpc) is 1.98. The molecule has 2 heteroatoms. The maximum absolute atomic E-state index is 5.88. The van der Waals surface area contributed by atoms with E-state index < -0.39 is 0 Å². The second-order valence-corrected chi connectivity index (χ2v) is 3.17. The molecule has 0 aliphatic heterocycles. The van der Waals surface area contributed by atoms with E-state index in [1.807, 2.05) is 7.05 Å². The summed E-state index contributed by atoms with van der Waals surface area (Å²) in [6, 6.07) is 0. The van der Waals surface area contributed by atoms with Crippen LogP contribution in [0.25, 0.3) is 0 Å². The van der Waals surface area contributed by atoms with Crippen LogP contribution in [0.15, 0.2) is 11.4 Å². The van der Waals surface area contributed by atoms with Gasteiger partial charge in [0.2, 0.25) is 0 Å². The molecular formula is C9H18N2. The Hall–Kier alpha value is -0.660. The first-order valence-corrected chi connectivity index (χ1v) is 4.50. The molecule has 0 spiro atoms. The van der Waals surface area contributed by atoms with E-state index in [0.29, 0.717) is 0 Å². The zero-order chi connectivity index (χ0) is 8.10. The van der Waals surface area contributed by atoms with Crippen LogP contribution >= 0.6 is 0 Å². The molecule has 0 saturated heterocycles. The van der Waals surface area contributed by atoms with Crippen LogP contribution in [-0.2, 0) is 0 Å². The van der Waals surface area contributed by atoms with Gasteiger partial charge in [-0.2, -0.15) is 0 Å². The summed E-state index contributed by atoms with van der Waals surface area (Å²) in [5.74, 6) is 0. The number of rotatable bonds is 1. The van der Waals surface area contributed by atoms with Gasteiger partial charge in [-0.15, -0.1) is 0 Å². The van der Waals surface area contributed by atoms with Crippen LogP contribution in [-0.4, -0.2) is 7.05 Å². The molecule has 2 nitrogen and oxygen atoms in total. The molecule has 11 heavy (non-hydrogen) atoms. The molecule has 64 valence electrons. The van der Waals surface area contributed by atoms with Gasteiger partial charge in [0, 0.05) is 18.4 Å². The Kier molecular flexibility index (Phi) is 3.27. The highest BCUT2D eigenvalue weighted by Crippen LogP contribution is 2.17. The van der Waals surface area contributed by atoms with E-state index in [4.69, 9.17) is 5.73 Å². The van der Waals surface area contributed by atoms with E-state index in [1.165, 1.54) is 31.4 Å². The minimum atomic E-state index is 1.08. The van der Waals surface area contributed by atoms with Crippen molar-refractivity contribution in [3.63, 3.8) is 0 Å². The first kappa shape index (κ1) is 8.44. The van der Waals surface area contributed by atoms with Gasteiger partial charge >= 0.3 is 0 Å². The number of nitrogens with one attached hydrogen (secondary N) is 1. The van der Waals surface area contributed by atoms with Gasteiger partial charge in [0.05, 0.1) is 0 Å². The third kappa shape index (κ3) is 2.45. The fourth-order valence-corrected chi connectivity index (χ4v) is 1.57. The summed E-state index contributed by atoms with van der Waals surface area (Å²) < 4.78 is 0. The lowest BCUT2D eigenvalue weighted by molar-refractivity contribution is 0.592. The van der Waals surface area contributed by atoms with Crippen LogP contribution in [0.2, 0.25) is 0 Å². The first-order valence-electron chi connectivity index (χ1n) is 4.50. The van der Waals surface area contributed by atoms with Crippen LogP contribution < -0.4 is 11.1 Å². The number of hydrogen-bond acceptors (Lipinski definition) is 2. The monoisotopic (exact) mass is 154 g/mol. The van der Waals surface area contributed by atoms with Crippen LogP contribution in [0.5, 0.6) is 0 Å². The van der Waals surface area contributed by atoms with E-state index in [0.717, 1.165) is 18.5 Å². The highest BCUT2D eigenvalue weighted by atomic mass is 14.9. The summed E-state index contributed by atoms with van der Waals surface area (Å²) in [7, 11) is 1.96. The summed E-state index contributed by atoms with van der Waals surface area (Å²) in [6.07, 6.45) is 7.47. The summed E-state index contributed by atoms with van der Waals surface area (Å²) in [6.45, 7) is 0. The standard InChI is InChI=1S/C9H18N2/c1-11-9-7-5-3-2-4-6-8(9)10/h11H,2-7,10H2,1H3. The van der Waals surface area contributed by atoms with E-state index >= 15 is 0 Å². The van der Waals surface area contributed by atoms with Crippen LogP contribution in [0.1, 0.15) is 38.5 Å². The number of allylic oxidation sites excluding steroid dienone is 2. The predicted molar refractivity (Wildman–Crippen MR) is 48.0 cm³/mol.